The molecule has 0 amide bonds. The normalized spacial score (nSPS) is 10.1. The standard InChI is InChI=1S/C11H10N2O/c1-8-4-2-3-5-9(8)10(14)11-12-6-7-13-11/h2-7H,1H3,(H,12,13). The highest BCUT2D eigenvalue weighted by Crippen LogP contribution is 2.10. The molecule has 0 unspecified atom stereocenters. The van der Waals surface area contributed by atoms with Gasteiger partial charge in [0.15, 0.2) is 5.82 Å². The molecule has 2 aromatic rings. The van der Waals surface area contributed by atoms with Gasteiger partial charge in [0.2, 0.25) is 5.78 Å². The predicted octanol–water partition coefficient (Wildman–Crippen LogP) is 1.95. The number of rotatable bonds is 2. The number of ketones is 1. The summed E-state index contributed by atoms with van der Waals surface area (Å²) in [7, 11) is 0. The van der Waals surface area contributed by atoms with Gasteiger partial charge < -0.3 is 4.98 Å². The zero-order valence-corrected chi connectivity index (χ0v) is 7.82. The van der Waals surface area contributed by atoms with Crippen LogP contribution in [0, 0.1) is 6.92 Å². The molecule has 0 saturated carbocycles. The van der Waals surface area contributed by atoms with Gasteiger partial charge in [-0.25, -0.2) is 4.98 Å². The van der Waals surface area contributed by atoms with Crippen molar-refractivity contribution in [3.8, 4) is 0 Å². The number of aryl methyl sites for hydroxylation is 1. The van der Waals surface area contributed by atoms with Gasteiger partial charge in [-0.1, -0.05) is 24.3 Å². The van der Waals surface area contributed by atoms with Crippen molar-refractivity contribution in [1.29, 1.82) is 0 Å². The zero-order chi connectivity index (χ0) is 9.97. The maximum atomic E-state index is 11.8. The Morgan fingerprint density at radius 1 is 1.36 bits per heavy atom. The van der Waals surface area contributed by atoms with Crippen LogP contribution in [0.1, 0.15) is 21.7 Å². The molecule has 2 rings (SSSR count). The first-order valence-corrected chi connectivity index (χ1v) is 4.39. The summed E-state index contributed by atoms with van der Waals surface area (Å²) in [6.45, 7) is 1.91. The number of aromatic amines is 1. The minimum Gasteiger partial charge on any atom is -0.342 e. The van der Waals surface area contributed by atoms with Crippen LogP contribution in [0.2, 0.25) is 0 Å². The molecule has 14 heavy (non-hydrogen) atoms. The van der Waals surface area contributed by atoms with Crippen LogP contribution < -0.4 is 0 Å². The third-order valence-corrected chi connectivity index (χ3v) is 2.10. The smallest absolute Gasteiger partial charge is 0.228 e. The first-order valence-electron chi connectivity index (χ1n) is 4.39. The van der Waals surface area contributed by atoms with Crippen molar-refractivity contribution < 1.29 is 4.79 Å². The van der Waals surface area contributed by atoms with Crippen LogP contribution in [0.15, 0.2) is 36.7 Å². The van der Waals surface area contributed by atoms with Gasteiger partial charge in [-0.2, -0.15) is 0 Å². The lowest BCUT2D eigenvalue weighted by Crippen LogP contribution is -2.05. The van der Waals surface area contributed by atoms with E-state index < -0.39 is 0 Å². The number of nitrogens with one attached hydrogen (secondary N) is 1. The van der Waals surface area contributed by atoms with Crippen molar-refractivity contribution >= 4 is 5.78 Å². The number of aromatic nitrogens is 2. The van der Waals surface area contributed by atoms with Gasteiger partial charge in [0, 0.05) is 18.0 Å². The molecule has 0 aliphatic heterocycles. The Morgan fingerprint density at radius 2 is 2.14 bits per heavy atom. The predicted molar refractivity (Wildman–Crippen MR) is 53.2 cm³/mol. The summed E-state index contributed by atoms with van der Waals surface area (Å²) >= 11 is 0. The molecule has 3 nitrogen and oxygen atoms in total. The summed E-state index contributed by atoms with van der Waals surface area (Å²) in [6.07, 6.45) is 3.22. The van der Waals surface area contributed by atoms with E-state index in [0.29, 0.717) is 11.4 Å². The first kappa shape index (κ1) is 8.69. The molecule has 1 aromatic heterocycles. The molecule has 0 saturated heterocycles. The van der Waals surface area contributed by atoms with Gasteiger partial charge in [-0.15, -0.1) is 0 Å². The summed E-state index contributed by atoms with van der Waals surface area (Å²) in [5.41, 5.74) is 1.66. The summed E-state index contributed by atoms with van der Waals surface area (Å²) in [6, 6.07) is 7.48. The molecule has 1 heterocycles. The van der Waals surface area contributed by atoms with Crippen LogP contribution in [0.25, 0.3) is 0 Å². The minimum absolute atomic E-state index is 0.0619. The van der Waals surface area contributed by atoms with E-state index in [9.17, 15) is 4.79 Å². The lowest BCUT2D eigenvalue weighted by molar-refractivity contribution is 0.103. The van der Waals surface area contributed by atoms with Gasteiger partial charge in [0.25, 0.3) is 0 Å². The van der Waals surface area contributed by atoms with Gasteiger partial charge in [0.1, 0.15) is 0 Å². The molecule has 0 aliphatic carbocycles. The lowest BCUT2D eigenvalue weighted by atomic mass is 10.0. The monoisotopic (exact) mass is 186 g/mol. The molecule has 0 radical (unpaired) electrons. The van der Waals surface area contributed by atoms with E-state index in [4.69, 9.17) is 0 Å². The highest BCUT2D eigenvalue weighted by Gasteiger charge is 2.12. The first-order chi connectivity index (χ1) is 6.79. The Bertz CT molecular complexity index is 446. The summed E-state index contributed by atoms with van der Waals surface area (Å²) < 4.78 is 0. The van der Waals surface area contributed by atoms with Crippen molar-refractivity contribution in [2.45, 2.75) is 6.92 Å². The van der Waals surface area contributed by atoms with Gasteiger partial charge in [-0.3, -0.25) is 4.79 Å². The van der Waals surface area contributed by atoms with Crippen LogP contribution in [0.3, 0.4) is 0 Å². The molecule has 0 fully saturated rings. The second-order valence-corrected chi connectivity index (χ2v) is 3.08. The van der Waals surface area contributed by atoms with E-state index in [-0.39, 0.29) is 5.78 Å². The third-order valence-electron chi connectivity index (χ3n) is 2.10. The second-order valence-electron chi connectivity index (χ2n) is 3.08. The summed E-state index contributed by atoms with van der Waals surface area (Å²) in [5, 5.41) is 0. The molecule has 0 spiro atoms. The molecule has 0 bridgehead atoms. The Labute approximate surface area is 81.8 Å². The maximum absolute atomic E-state index is 11.8. The SMILES string of the molecule is Cc1ccccc1C(=O)c1ncc[nH]1. The molecule has 70 valence electrons. The highest BCUT2D eigenvalue weighted by molar-refractivity contribution is 6.07. The zero-order valence-electron chi connectivity index (χ0n) is 7.82. The summed E-state index contributed by atoms with van der Waals surface area (Å²) in [4.78, 5) is 18.6. The number of nitrogens with zero attached hydrogens (tertiary/aromatic N) is 1. The molecular formula is C11H10N2O. The van der Waals surface area contributed by atoms with Crippen LogP contribution in [-0.4, -0.2) is 15.8 Å². The maximum Gasteiger partial charge on any atom is 0.228 e. The van der Waals surface area contributed by atoms with E-state index >= 15 is 0 Å². The molecule has 1 aromatic carbocycles. The molecule has 1 N–H and O–H groups in total. The number of carbonyl (C=O) groups is 1. The Kier molecular flexibility index (Phi) is 2.14. The number of hydrogen-bond acceptors (Lipinski definition) is 2. The van der Waals surface area contributed by atoms with Crippen molar-refractivity contribution in [2.75, 3.05) is 0 Å². The lowest BCUT2D eigenvalue weighted by Gasteiger charge is -2.00. The molecular weight excluding hydrogens is 176 g/mol. The topological polar surface area (TPSA) is 45.8 Å². The quantitative estimate of drug-likeness (QED) is 0.728. The van der Waals surface area contributed by atoms with E-state index in [1.807, 2.05) is 25.1 Å². The Balaban J connectivity index is 2.42. The molecule has 0 atom stereocenters. The summed E-state index contributed by atoms with van der Waals surface area (Å²) in [5.74, 6) is 0.326. The highest BCUT2D eigenvalue weighted by atomic mass is 16.1. The fraction of sp³-hybridized carbons (Fsp3) is 0.0909. The Hall–Kier alpha value is -1.90. The number of imidazole rings is 1. The van der Waals surface area contributed by atoms with E-state index in [2.05, 4.69) is 9.97 Å². The van der Waals surface area contributed by atoms with Crippen LogP contribution >= 0.6 is 0 Å². The average Bonchev–Trinajstić information content (AvgIpc) is 2.70. The average molecular weight is 186 g/mol. The van der Waals surface area contributed by atoms with Crippen molar-refractivity contribution in [1.82, 2.24) is 9.97 Å². The largest absolute Gasteiger partial charge is 0.342 e. The molecule has 0 aliphatic rings. The fourth-order valence-electron chi connectivity index (χ4n) is 1.34. The molecule has 3 heteroatoms. The third kappa shape index (κ3) is 1.44. The number of H-pyrrole nitrogens is 1. The van der Waals surface area contributed by atoms with Crippen molar-refractivity contribution in [2.24, 2.45) is 0 Å². The fourth-order valence-corrected chi connectivity index (χ4v) is 1.34. The number of carbonyl (C=O) groups excluding carboxylic acids is 1. The van der Waals surface area contributed by atoms with E-state index in [0.717, 1.165) is 5.56 Å². The minimum atomic E-state index is -0.0619. The Morgan fingerprint density at radius 3 is 2.79 bits per heavy atom. The van der Waals surface area contributed by atoms with Crippen LogP contribution in [0.4, 0.5) is 0 Å². The van der Waals surface area contributed by atoms with E-state index in [1.165, 1.54) is 0 Å². The van der Waals surface area contributed by atoms with Crippen LogP contribution in [-0.2, 0) is 0 Å². The van der Waals surface area contributed by atoms with Crippen molar-refractivity contribution in [3.63, 3.8) is 0 Å². The van der Waals surface area contributed by atoms with Crippen LogP contribution in [0.5, 0.6) is 0 Å². The van der Waals surface area contributed by atoms with Crippen molar-refractivity contribution in [3.05, 3.63) is 53.6 Å². The number of benzene rings is 1. The van der Waals surface area contributed by atoms with Gasteiger partial charge >= 0.3 is 0 Å². The van der Waals surface area contributed by atoms with Gasteiger partial charge in [-0.05, 0) is 12.5 Å². The van der Waals surface area contributed by atoms with Gasteiger partial charge in [0.05, 0.1) is 0 Å². The van der Waals surface area contributed by atoms with E-state index in [1.54, 1.807) is 18.5 Å². The number of hydrogen-bond donors (Lipinski definition) is 1. The second kappa shape index (κ2) is 3.46.